The van der Waals surface area contributed by atoms with Crippen LogP contribution in [0.15, 0.2) is 78.9 Å². The van der Waals surface area contributed by atoms with Gasteiger partial charge < -0.3 is 0 Å². The van der Waals surface area contributed by atoms with Gasteiger partial charge in [0, 0.05) is 0 Å². The molecule has 0 amide bonds. The predicted octanol–water partition coefficient (Wildman–Crippen LogP) is 6.21. The van der Waals surface area contributed by atoms with Crippen LogP contribution >= 0.6 is 0 Å². The van der Waals surface area contributed by atoms with E-state index in [2.05, 4.69) is 98.5 Å². The molecule has 4 rings (SSSR count). The van der Waals surface area contributed by atoms with Gasteiger partial charge >= 0.3 is 0 Å². The van der Waals surface area contributed by atoms with Gasteiger partial charge in [-0.1, -0.05) is 104 Å². The monoisotopic (exact) mass is 326 g/mol. The largest absolute Gasteiger partial charge is 0.0776 e. The molecular formula is C23H22Si. The second-order valence-electron chi connectivity index (χ2n) is 7.52. The highest BCUT2D eigenvalue weighted by Crippen LogP contribution is 2.33. The van der Waals surface area contributed by atoms with Crippen molar-refractivity contribution in [3.8, 4) is 11.1 Å². The standard InChI is InChI=1S/C23H22Si/c1-24(2,3)19-15-18-10-5-7-13-21(18)23(16-19)22-14-8-11-17-9-4-6-12-20(17)22/h4-16H,1-3H3. The van der Waals surface area contributed by atoms with E-state index in [0.29, 0.717) is 0 Å². The smallest absolute Gasteiger partial charge is 0.0656 e. The van der Waals surface area contributed by atoms with Crippen LogP contribution in [0.25, 0.3) is 32.7 Å². The molecule has 0 unspecified atom stereocenters. The zero-order valence-electron chi connectivity index (χ0n) is 14.5. The Labute approximate surface area is 144 Å². The molecule has 0 fully saturated rings. The van der Waals surface area contributed by atoms with Gasteiger partial charge in [-0.15, -0.1) is 0 Å². The van der Waals surface area contributed by atoms with Gasteiger partial charge in [0.1, 0.15) is 0 Å². The molecule has 0 nitrogen and oxygen atoms in total. The molecule has 118 valence electrons. The normalized spacial score (nSPS) is 12.0. The maximum Gasteiger partial charge on any atom is 0.0776 e. The zero-order chi connectivity index (χ0) is 16.7. The summed E-state index contributed by atoms with van der Waals surface area (Å²) in [5.74, 6) is 0. The van der Waals surface area contributed by atoms with Crippen LogP contribution in [0.4, 0.5) is 0 Å². The van der Waals surface area contributed by atoms with Crippen molar-refractivity contribution < 1.29 is 0 Å². The fraction of sp³-hybridized carbons (Fsp3) is 0.130. The van der Waals surface area contributed by atoms with Crippen molar-refractivity contribution in [2.45, 2.75) is 19.6 Å². The minimum atomic E-state index is -1.38. The van der Waals surface area contributed by atoms with Gasteiger partial charge in [-0.05, 0) is 32.7 Å². The molecule has 4 aromatic carbocycles. The summed E-state index contributed by atoms with van der Waals surface area (Å²) in [5, 5.41) is 6.84. The van der Waals surface area contributed by atoms with Crippen LogP contribution in [0, 0.1) is 0 Å². The summed E-state index contributed by atoms with van der Waals surface area (Å²) in [6.45, 7) is 7.26. The number of fused-ring (bicyclic) bond motifs is 2. The Hall–Kier alpha value is -2.38. The van der Waals surface area contributed by atoms with E-state index in [1.54, 1.807) is 0 Å². The first kappa shape index (κ1) is 15.2. The van der Waals surface area contributed by atoms with Crippen LogP contribution < -0.4 is 5.19 Å². The molecule has 0 radical (unpaired) electrons. The van der Waals surface area contributed by atoms with Crippen molar-refractivity contribution in [2.24, 2.45) is 0 Å². The van der Waals surface area contributed by atoms with E-state index in [1.165, 1.54) is 37.9 Å². The Morgan fingerprint density at radius 2 is 1.12 bits per heavy atom. The van der Waals surface area contributed by atoms with Crippen LogP contribution in [0.5, 0.6) is 0 Å². The number of hydrogen-bond donors (Lipinski definition) is 0. The minimum absolute atomic E-state index is 1.30. The maximum atomic E-state index is 2.44. The topological polar surface area (TPSA) is 0 Å². The van der Waals surface area contributed by atoms with Crippen molar-refractivity contribution in [3.63, 3.8) is 0 Å². The van der Waals surface area contributed by atoms with E-state index in [0.717, 1.165) is 0 Å². The molecule has 0 atom stereocenters. The van der Waals surface area contributed by atoms with E-state index in [-0.39, 0.29) is 0 Å². The third-order valence-electron chi connectivity index (χ3n) is 4.81. The molecule has 4 aromatic rings. The van der Waals surface area contributed by atoms with E-state index >= 15 is 0 Å². The first-order valence-corrected chi connectivity index (χ1v) is 12.1. The molecule has 1 heteroatoms. The van der Waals surface area contributed by atoms with Crippen molar-refractivity contribution in [1.29, 1.82) is 0 Å². The fourth-order valence-electron chi connectivity index (χ4n) is 3.43. The summed E-state index contributed by atoms with van der Waals surface area (Å²) in [6, 6.07) is 28.9. The van der Waals surface area contributed by atoms with Gasteiger partial charge in [-0.25, -0.2) is 0 Å². The predicted molar refractivity (Wildman–Crippen MR) is 110 cm³/mol. The molecule has 0 aliphatic heterocycles. The van der Waals surface area contributed by atoms with Gasteiger partial charge in [0.2, 0.25) is 0 Å². The summed E-state index contributed by atoms with van der Waals surface area (Å²) in [7, 11) is -1.38. The van der Waals surface area contributed by atoms with Crippen LogP contribution in [-0.4, -0.2) is 8.07 Å². The van der Waals surface area contributed by atoms with Gasteiger partial charge in [0.15, 0.2) is 0 Å². The number of hydrogen-bond acceptors (Lipinski definition) is 0. The highest BCUT2D eigenvalue weighted by molar-refractivity contribution is 6.88. The Balaban J connectivity index is 2.12. The lowest BCUT2D eigenvalue weighted by molar-refractivity contribution is 1.67. The maximum absolute atomic E-state index is 2.44. The van der Waals surface area contributed by atoms with E-state index < -0.39 is 8.07 Å². The first-order valence-electron chi connectivity index (χ1n) is 8.55. The number of benzene rings is 4. The van der Waals surface area contributed by atoms with Crippen molar-refractivity contribution >= 4 is 34.8 Å². The van der Waals surface area contributed by atoms with Crippen molar-refractivity contribution in [3.05, 3.63) is 78.9 Å². The lowest BCUT2D eigenvalue weighted by Gasteiger charge is -2.20. The Morgan fingerprint density at radius 3 is 1.83 bits per heavy atom. The minimum Gasteiger partial charge on any atom is -0.0656 e. The molecule has 0 saturated heterocycles. The average molecular weight is 327 g/mol. The quantitative estimate of drug-likeness (QED) is 0.384. The molecule has 24 heavy (non-hydrogen) atoms. The summed E-state index contributed by atoms with van der Waals surface area (Å²) in [6.07, 6.45) is 0. The average Bonchev–Trinajstić information content (AvgIpc) is 2.59. The first-order chi connectivity index (χ1) is 11.5. The summed E-state index contributed by atoms with van der Waals surface area (Å²) in [5.41, 5.74) is 2.70. The highest BCUT2D eigenvalue weighted by Gasteiger charge is 2.19. The molecule has 0 saturated carbocycles. The zero-order valence-corrected chi connectivity index (χ0v) is 15.5. The Bertz CT molecular complexity index is 1030. The third kappa shape index (κ3) is 2.55. The Morgan fingerprint density at radius 1 is 0.542 bits per heavy atom. The van der Waals surface area contributed by atoms with E-state index in [4.69, 9.17) is 0 Å². The van der Waals surface area contributed by atoms with E-state index in [9.17, 15) is 0 Å². The summed E-state index contributed by atoms with van der Waals surface area (Å²) in [4.78, 5) is 0. The lowest BCUT2D eigenvalue weighted by atomic mass is 9.94. The Kier molecular flexibility index (Phi) is 3.54. The lowest BCUT2D eigenvalue weighted by Crippen LogP contribution is -2.37. The number of rotatable bonds is 2. The second-order valence-corrected chi connectivity index (χ2v) is 12.6. The van der Waals surface area contributed by atoms with Crippen LogP contribution in [0.3, 0.4) is 0 Å². The van der Waals surface area contributed by atoms with Gasteiger partial charge in [-0.2, -0.15) is 0 Å². The van der Waals surface area contributed by atoms with Gasteiger partial charge in [-0.3, -0.25) is 0 Å². The molecule has 0 N–H and O–H groups in total. The molecule has 0 bridgehead atoms. The molecular weight excluding hydrogens is 304 g/mol. The van der Waals surface area contributed by atoms with Gasteiger partial charge in [0.05, 0.1) is 8.07 Å². The van der Waals surface area contributed by atoms with Crippen LogP contribution in [0.1, 0.15) is 0 Å². The van der Waals surface area contributed by atoms with Crippen LogP contribution in [-0.2, 0) is 0 Å². The van der Waals surface area contributed by atoms with E-state index in [1.807, 2.05) is 0 Å². The third-order valence-corrected chi connectivity index (χ3v) is 6.83. The summed E-state index contributed by atoms with van der Waals surface area (Å²) < 4.78 is 0. The SMILES string of the molecule is C[Si](C)(C)c1cc(-c2cccc3ccccc23)c2ccccc2c1. The second kappa shape index (κ2) is 5.61. The molecule has 0 aliphatic rings. The van der Waals surface area contributed by atoms with Crippen molar-refractivity contribution in [2.75, 3.05) is 0 Å². The molecule has 0 heterocycles. The molecule has 0 spiro atoms. The van der Waals surface area contributed by atoms with Gasteiger partial charge in [0.25, 0.3) is 0 Å². The summed E-state index contributed by atoms with van der Waals surface area (Å²) >= 11 is 0. The van der Waals surface area contributed by atoms with Crippen LogP contribution in [0.2, 0.25) is 19.6 Å². The highest BCUT2D eigenvalue weighted by atomic mass is 28.3. The molecule has 0 aliphatic carbocycles. The molecule has 0 aromatic heterocycles. The fourth-order valence-corrected chi connectivity index (χ4v) is 4.59. The van der Waals surface area contributed by atoms with Crippen molar-refractivity contribution in [1.82, 2.24) is 0 Å².